The SMILES string of the molecule is CC1CCCC(NC(=O)COc2nnc(-c3ccccc3)o2)C1C. The lowest BCUT2D eigenvalue weighted by Crippen LogP contribution is -2.45. The van der Waals surface area contributed by atoms with Gasteiger partial charge in [-0.05, 0) is 30.4 Å². The maximum absolute atomic E-state index is 12.1. The quantitative estimate of drug-likeness (QED) is 0.912. The Balaban J connectivity index is 1.51. The number of rotatable bonds is 5. The normalized spacial score (nSPS) is 23.7. The van der Waals surface area contributed by atoms with E-state index in [4.69, 9.17) is 9.15 Å². The van der Waals surface area contributed by atoms with Crippen LogP contribution in [0.15, 0.2) is 34.7 Å². The molecule has 1 fully saturated rings. The lowest BCUT2D eigenvalue weighted by Gasteiger charge is -2.34. The molecule has 1 N–H and O–H groups in total. The molecule has 2 aromatic rings. The summed E-state index contributed by atoms with van der Waals surface area (Å²) in [6.07, 6.45) is 3.42. The van der Waals surface area contributed by atoms with E-state index in [0.29, 0.717) is 17.7 Å². The van der Waals surface area contributed by atoms with Crippen LogP contribution in [0.25, 0.3) is 11.5 Å². The molecule has 0 saturated heterocycles. The van der Waals surface area contributed by atoms with Crippen molar-refractivity contribution in [2.75, 3.05) is 6.61 Å². The Hall–Kier alpha value is -2.37. The van der Waals surface area contributed by atoms with Crippen molar-refractivity contribution in [1.29, 1.82) is 0 Å². The fourth-order valence-electron chi connectivity index (χ4n) is 3.13. The van der Waals surface area contributed by atoms with E-state index in [-0.39, 0.29) is 24.6 Å². The van der Waals surface area contributed by atoms with Gasteiger partial charge in [-0.1, -0.05) is 50.0 Å². The molecule has 3 atom stereocenters. The predicted molar refractivity (Wildman–Crippen MR) is 89.3 cm³/mol. The molecule has 0 spiro atoms. The van der Waals surface area contributed by atoms with Crippen molar-refractivity contribution >= 4 is 5.91 Å². The third-order valence-electron chi connectivity index (χ3n) is 4.81. The smallest absolute Gasteiger partial charge is 0.415 e. The van der Waals surface area contributed by atoms with Crippen LogP contribution in [0.1, 0.15) is 33.1 Å². The maximum Gasteiger partial charge on any atom is 0.415 e. The van der Waals surface area contributed by atoms with Crippen LogP contribution in [0.4, 0.5) is 0 Å². The van der Waals surface area contributed by atoms with Crippen molar-refractivity contribution in [3.05, 3.63) is 30.3 Å². The zero-order valence-corrected chi connectivity index (χ0v) is 14.1. The Morgan fingerprint density at radius 3 is 2.83 bits per heavy atom. The van der Waals surface area contributed by atoms with Gasteiger partial charge in [0.1, 0.15) is 0 Å². The van der Waals surface area contributed by atoms with Gasteiger partial charge in [-0.2, -0.15) is 0 Å². The second kappa shape index (κ2) is 7.47. The molecule has 1 aromatic heterocycles. The van der Waals surface area contributed by atoms with Crippen LogP contribution < -0.4 is 10.1 Å². The number of amides is 1. The van der Waals surface area contributed by atoms with E-state index < -0.39 is 0 Å². The van der Waals surface area contributed by atoms with Crippen LogP contribution >= 0.6 is 0 Å². The number of carbonyl (C=O) groups excluding carboxylic acids is 1. The summed E-state index contributed by atoms with van der Waals surface area (Å²) in [6.45, 7) is 4.32. The average molecular weight is 329 g/mol. The van der Waals surface area contributed by atoms with Crippen LogP contribution in [-0.4, -0.2) is 28.8 Å². The lowest BCUT2D eigenvalue weighted by molar-refractivity contribution is -0.125. The van der Waals surface area contributed by atoms with Gasteiger partial charge in [0.15, 0.2) is 6.61 Å². The molecule has 1 amide bonds. The summed E-state index contributed by atoms with van der Waals surface area (Å²) < 4.78 is 10.7. The van der Waals surface area contributed by atoms with E-state index in [2.05, 4.69) is 29.4 Å². The second-order valence-electron chi connectivity index (χ2n) is 6.47. The molecule has 0 radical (unpaired) electrons. The van der Waals surface area contributed by atoms with Crippen molar-refractivity contribution in [3.63, 3.8) is 0 Å². The number of nitrogens with zero attached hydrogens (tertiary/aromatic N) is 2. The van der Waals surface area contributed by atoms with E-state index >= 15 is 0 Å². The van der Waals surface area contributed by atoms with Crippen molar-refractivity contribution in [1.82, 2.24) is 15.5 Å². The number of ether oxygens (including phenoxy) is 1. The molecule has 6 nitrogen and oxygen atoms in total. The van der Waals surface area contributed by atoms with E-state index in [1.54, 1.807) is 0 Å². The van der Waals surface area contributed by atoms with Crippen LogP contribution in [0.3, 0.4) is 0 Å². The number of benzene rings is 1. The molecule has 24 heavy (non-hydrogen) atoms. The monoisotopic (exact) mass is 329 g/mol. The summed E-state index contributed by atoms with van der Waals surface area (Å²) in [5.41, 5.74) is 0.814. The Bertz CT molecular complexity index is 671. The van der Waals surface area contributed by atoms with Crippen LogP contribution in [0.2, 0.25) is 0 Å². The molecule has 1 aliphatic carbocycles. The number of hydrogen-bond acceptors (Lipinski definition) is 5. The van der Waals surface area contributed by atoms with Gasteiger partial charge in [-0.25, -0.2) is 0 Å². The summed E-state index contributed by atoms with van der Waals surface area (Å²) in [6, 6.07) is 9.65. The molecule has 128 valence electrons. The van der Waals surface area contributed by atoms with Crippen molar-refractivity contribution < 1.29 is 13.9 Å². The lowest BCUT2D eigenvalue weighted by atomic mass is 9.78. The van der Waals surface area contributed by atoms with Gasteiger partial charge >= 0.3 is 6.08 Å². The topological polar surface area (TPSA) is 77.2 Å². The summed E-state index contributed by atoms with van der Waals surface area (Å²) in [5.74, 6) is 1.34. The van der Waals surface area contributed by atoms with Gasteiger partial charge in [0.05, 0.1) is 0 Å². The minimum Gasteiger partial charge on any atom is -0.439 e. The number of hydrogen-bond donors (Lipinski definition) is 1. The third-order valence-corrected chi connectivity index (χ3v) is 4.81. The average Bonchev–Trinajstić information content (AvgIpc) is 3.07. The first kappa shape index (κ1) is 16.5. The molecule has 0 aliphatic heterocycles. The van der Waals surface area contributed by atoms with Crippen LogP contribution in [0, 0.1) is 11.8 Å². The molecule has 6 heteroatoms. The Morgan fingerprint density at radius 2 is 2.04 bits per heavy atom. The van der Waals surface area contributed by atoms with Crippen LogP contribution in [-0.2, 0) is 4.79 Å². The Kier molecular flexibility index (Phi) is 5.13. The molecule has 3 rings (SSSR count). The molecule has 1 heterocycles. The third kappa shape index (κ3) is 3.93. The van der Waals surface area contributed by atoms with E-state index in [9.17, 15) is 4.79 Å². The van der Waals surface area contributed by atoms with Crippen molar-refractivity contribution in [3.8, 4) is 17.5 Å². The first-order valence-electron chi connectivity index (χ1n) is 8.44. The molecule has 1 aliphatic rings. The van der Waals surface area contributed by atoms with E-state index in [0.717, 1.165) is 18.4 Å². The summed E-state index contributed by atoms with van der Waals surface area (Å²) >= 11 is 0. The van der Waals surface area contributed by atoms with Gasteiger partial charge in [0.25, 0.3) is 11.8 Å². The number of carbonyl (C=O) groups is 1. The zero-order valence-electron chi connectivity index (χ0n) is 14.1. The maximum atomic E-state index is 12.1. The van der Waals surface area contributed by atoms with Gasteiger partial charge in [-0.15, -0.1) is 5.10 Å². The molecular weight excluding hydrogens is 306 g/mol. The summed E-state index contributed by atoms with van der Waals surface area (Å²) in [7, 11) is 0. The van der Waals surface area contributed by atoms with Crippen molar-refractivity contribution in [2.24, 2.45) is 11.8 Å². The zero-order chi connectivity index (χ0) is 16.9. The van der Waals surface area contributed by atoms with Gasteiger partial charge in [0, 0.05) is 11.6 Å². The largest absolute Gasteiger partial charge is 0.439 e. The van der Waals surface area contributed by atoms with Gasteiger partial charge in [-0.3, -0.25) is 4.79 Å². The Labute approximate surface area is 141 Å². The summed E-state index contributed by atoms with van der Waals surface area (Å²) in [4.78, 5) is 12.1. The highest BCUT2D eigenvalue weighted by molar-refractivity contribution is 5.77. The van der Waals surface area contributed by atoms with Gasteiger partial charge in [0.2, 0.25) is 0 Å². The molecular formula is C18H23N3O3. The van der Waals surface area contributed by atoms with Gasteiger partial charge < -0.3 is 14.5 Å². The fraction of sp³-hybridized carbons (Fsp3) is 0.500. The fourth-order valence-corrected chi connectivity index (χ4v) is 3.13. The molecule has 3 unspecified atom stereocenters. The minimum absolute atomic E-state index is 0.00839. The predicted octanol–water partition coefficient (Wildman–Crippen LogP) is 3.06. The second-order valence-corrected chi connectivity index (χ2v) is 6.47. The highest BCUT2D eigenvalue weighted by atomic mass is 16.6. The highest BCUT2D eigenvalue weighted by Gasteiger charge is 2.28. The molecule has 1 saturated carbocycles. The highest BCUT2D eigenvalue weighted by Crippen LogP contribution is 2.29. The number of aromatic nitrogens is 2. The summed E-state index contributed by atoms with van der Waals surface area (Å²) in [5, 5.41) is 10.8. The van der Waals surface area contributed by atoms with Crippen LogP contribution in [0.5, 0.6) is 6.08 Å². The molecule has 0 bridgehead atoms. The Morgan fingerprint density at radius 1 is 1.25 bits per heavy atom. The van der Waals surface area contributed by atoms with Crippen molar-refractivity contribution in [2.45, 2.75) is 39.2 Å². The van der Waals surface area contributed by atoms with E-state index in [1.165, 1.54) is 6.42 Å². The molecule has 1 aromatic carbocycles. The first-order valence-corrected chi connectivity index (χ1v) is 8.44. The van der Waals surface area contributed by atoms with E-state index in [1.807, 2.05) is 30.3 Å². The minimum atomic E-state index is -0.152. The standard InChI is InChI=1S/C18H23N3O3/c1-12-7-6-10-15(13(12)2)19-16(22)11-23-18-21-20-17(24-18)14-8-4-3-5-9-14/h3-5,8-9,12-13,15H,6-7,10-11H2,1-2H3,(H,19,22). The number of nitrogens with one attached hydrogen (secondary N) is 1. The first-order chi connectivity index (χ1) is 11.6.